The molecule has 1 amide bonds. The van der Waals surface area contributed by atoms with E-state index in [-0.39, 0.29) is 17.7 Å². The molecule has 1 aliphatic rings. The first-order valence-electron chi connectivity index (χ1n) is 12.2. The standard InChI is InChI=1S/C29H30N2O4S/c1-34-23-11-12-24-25(18-23)36-27(30-24)21-9-6-10-22(17-21)28(32)31-15-13-20(14-16-31)26(29(33)35-2)19-7-4-3-5-8-19/h3-12,17-18,20,26,29,33H,13-16H2,1-2H3. The van der Waals surface area contributed by atoms with Crippen LogP contribution in [-0.4, -0.2) is 54.5 Å². The number of fused-ring (bicyclic) bond motifs is 1. The van der Waals surface area contributed by atoms with Crippen molar-refractivity contribution in [3.05, 3.63) is 83.9 Å². The Morgan fingerprint density at radius 1 is 1.03 bits per heavy atom. The highest BCUT2D eigenvalue weighted by atomic mass is 32.1. The molecule has 1 N–H and O–H groups in total. The summed E-state index contributed by atoms with van der Waals surface area (Å²) in [6.45, 7) is 1.29. The van der Waals surface area contributed by atoms with Crippen molar-refractivity contribution in [3.8, 4) is 16.3 Å². The number of ether oxygens (including phenoxy) is 2. The molecule has 1 saturated heterocycles. The van der Waals surface area contributed by atoms with Gasteiger partial charge in [-0.2, -0.15) is 0 Å². The number of aromatic nitrogens is 1. The van der Waals surface area contributed by atoms with Crippen LogP contribution >= 0.6 is 11.3 Å². The number of rotatable bonds is 7. The van der Waals surface area contributed by atoms with Gasteiger partial charge in [0.25, 0.3) is 5.91 Å². The molecule has 0 radical (unpaired) electrons. The van der Waals surface area contributed by atoms with E-state index >= 15 is 0 Å². The van der Waals surface area contributed by atoms with E-state index in [1.54, 1.807) is 18.4 Å². The number of hydrogen-bond donors (Lipinski definition) is 1. The van der Waals surface area contributed by atoms with Gasteiger partial charge in [0.1, 0.15) is 10.8 Å². The lowest BCUT2D eigenvalue weighted by atomic mass is 9.79. The van der Waals surface area contributed by atoms with Gasteiger partial charge >= 0.3 is 0 Å². The maximum absolute atomic E-state index is 13.4. The van der Waals surface area contributed by atoms with Gasteiger partial charge in [0.15, 0.2) is 6.29 Å². The molecule has 3 aromatic carbocycles. The number of thiazole rings is 1. The minimum atomic E-state index is -0.870. The fraction of sp³-hybridized carbons (Fsp3) is 0.310. The van der Waals surface area contributed by atoms with Crippen molar-refractivity contribution < 1.29 is 19.4 Å². The lowest BCUT2D eigenvalue weighted by Gasteiger charge is -2.37. The largest absolute Gasteiger partial charge is 0.497 e. The molecule has 1 aromatic heterocycles. The number of nitrogens with zero attached hydrogens (tertiary/aromatic N) is 2. The first kappa shape index (κ1) is 24.4. The topological polar surface area (TPSA) is 71.9 Å². The van der Waals surface area contributed by atoms with Crippen LogP contribution in [0.2, 0.25) is 0 Å². The number of benzene rings is 3. The van der Waals surface area contributed by atoms with Crippen LogP contribution in [0.1, 0.15) is 34.7 Å². The van der Waals surface area contributed by atoms with Crippen molar-refractivity contribution in [3.63, 3.8) is 0 Å². The number of piperidine rings is 1. The van der Waals surface area contributed by atoms with Crippen molar-refractivity contribution in [1.82, 2.24) is 9.88 Å². The third kappa shape index (κ3) is 5.00. The molecule has 1 aliphatic heterocycles. The Labute approximate surface area is 215 Å². The molecule has 2 atom stereocenters. The van der Waals surface area contributed by atoms with Gasteiger partial charge in [-0.3, -0.25) is 4.79 Å². The SMILES string of the molecule is COc1ccc2nc(-c3cccc(C(=O)N4CCC(C(c5ccccc5)C(O)OC)CC4)c3)sc2c1. The van der Waals surface area contributed by atoms with Gasteiger partial charge in [-0.05, 0) is 54.7 Å². The maximum Gasteiger partial charge on any atom is 0.253 e. The molecule has 7 heteroatoms. The summed E-state index contributed by atoms with van der Waals surface area (Å²) in [5.74, 6) is 0.950. The second-order valence-electron chi connectivity index (χ2n) is 9.13. The molecule has 0 bridgehead atoms. The van der Waals surface area contributed by atoms with Crippen molar-refractivity contribution in [2.45, 2.75) is 25.0 Å². The average molecular weight is 503 g/mol. The number of methoxy groups -OCH3 is 2. The van der Waals surface area contributed by atoms with Crippen LogP contribution in [-0.2, 0) is 4.74 Å². The van der Waals surface area contributed by atoms with Crippen molar-refractivity contribution in [1.29, 1.82) is 0 Å². The molecule has 6 nitrogen and oxygen atoms in total. The minimum absolute atomic E-state index is 0.0293. The third-order valence-electron chi connectivity index (χ3n) is 7.02. The van der Waals surface area contributed by atoms with Crippen LogP contribution in [0.5, 0.6) is 5.75 Å². The smallest absolute Gasteiger partial charge is 0.253 e. The van der Waals surface area contributed by atoms with Crippen LogP contribution < -0.4 is 4.74 Å². The summed E-state index contributed by atoms with van der Waals surface area (Å²) in [5, 5.41) is 11.5. The fourth-order valence-electron chi connectivity index (χ4n) is 5.08. The van der Waals surface area contributed by atoms with E-state index < -0.39 is 6.29 Å². The van der Waals surface area contributed by atoms with Gasteiger partial charge < -0.3 is 19.5 Å². The van der Waals surface area contributed by atoms with Gasteiger partial charge in [0.05, 0.1) is 17.3 Å². The second-order valence-corrected chi connectivity index (χ2v) is 10.2. The fourth-order valence-corrected chi connectivity index (χ4v) is 6.07. The molecule has 0 aliphatic carbocycles. The molecule has 1 fully saturated rings. The molecule has 2 unspecified atom stereocenters. The molecule has 0 saturated carbocycles. The van der Waals surface area contributed by atoms with E-state index in [0.29, 0.717) is 18.7 Å². The predicted molar refractivity (Wildman–Crippen MR) is 142 cm³/mol. The van der Waals surface area contributed by atoms with Crippen LogP contribution in [0.3, 0.4) is 0 Å². The predicted octanol–water partition coefficient (Wildman–Crippen LogP) is 5.57. The highest BCUT2D eigenvalue weighted by Crippen LogP contribution is 2.36. The molecule has 2 heterocycles. The summed E-state index contributed by atoms with van der Waals surface area (Å²) >= 11 is 1.59. The summed E-state index contributed by atoms with van der Waals surface area (Å²) in [7, 11) is 3.19. The van der Waals surface area contributed by atoms with Crippen LogP contribution in [0.25, 0.3) is 20.8 Å². The van der Waals surface area contributed by atoms with Gasteiger partial charge in [0, 0.05) is 37.2 Å². The zero-order chi connectivity index (χ0) is 25.1. The van der Waals surface area contributed by atoms with Gasteiger partial charge in [0.2, 0.25) is 0 Å². The first-order chi connectivity index (χ1) is 17.6. The summed E-state index contributed by atoms with van der Waals surface area (Å²) in [5.41, 5.74) is 3.58. The van der Waals surface area contributed by atoms with E-state index in [0.717, 1.165) is 44.9 Å². The lowest BCUT2D eigenvalue weighted by Crippen LogP contribution is -2.41. The Kier molecular flexibility index (Phi) is 7.32. The summed E-state index contributed by atoms with van der Waals surface area (Å²) in [4.78, 5) is 20.1. The van der Waals surface area contributed by atoms with E-state index in [4.69, 9.17) is 14.5 Å². The summed E-state index contributed by atoms with van der Waals surface area (Å²) in [6.07, 6.45) is 0.751. The van der Waals surface area contributed by atoms with E-state index in [9.17, 15) is 9.90 Å². The van der Waals surface area contributed by atoms with Crippen LogP contribution in [0.4, 0.5) is 0 Å². The zero-order valence-electron chi connectivity index (χ0n) is 20.5. The van der Waals surface area contributed by atoms with Gasteiger partial charge in [-0.15, -0.1) is 11.3 Å². The maximum atomic E-state index is 13.4. The minimum Gasteiger partial charge on any atom is -0.497 e. The number of hydrogen-bond acceptors (Lipinski definition) is 6. The van der Waals surface area contributed by atoms with E-state index in [1.165, 1.54) is 7.11 Å². The number of carbonyl (C=O) groups excluding carboxylic acids is 1. The number of amides is 1. The molecule has 5 rings (SSSR count). The van der Waals surface area contributed by atoms with Crippen molar-refractivity contribution >= 4 is 27.5 Å². The number of likely N-dealkylation sites (tertiary alicyclic amines) is 1. The third-order valence-corrected chi connectivity index (χ3v) is 8.09. The first-order valence-corrected chi connectivity index (χ1v) is 13.0. The monoisotopic (exact) mass is 502 g/mol. The van der Waals surface area contributed by atoms with E-state index in [2.05, 4.69) is 0 Å². The van der Waals surface area contributed by atoms with Crippen LogP contribution in [0.15, 0.2) is 72.8 Å². The molecule has 4 aromatic rings. The molecular weight excluding hydrogens is 472 g/mol. The Hall–Kier alpha value is -3.26. The highest BCUT2D eigenvalue weighted by Gasteiger charge is 2.34. The quantitative estimate of drug-likeness (QED) is 0.335. The molecule has 0 spiro atoms. The van der Waals surface area contributed by atoms with E-state index in [1.807, 2.05) is 77.7 Å². The van der Waals surface area contributed by atoms with Crippen LogP contribution in [0, 0.1) is 5.92 Å². The second kappa shape index (κ2) is 10.8. The Bertz CT molecular complexity index is 1330. The number of carbonyl (C=O) groups is 1. The van der Waals surface area contributed by atoms with Crippen molar-refractivity contribution in [2.75, 3.05) is 27.3 Å². The Morgan fingerprint density at radius 2 is 1.81 bits per heavy atom. The Balaban J connectivity index is 1.30. The summed E-state index contributed by atoms with van der Waals surface area (Å²) in [6, 6.07) is 23.6. The lowest BCUT2D eigenvalue weighted by molar-refractivity contribution is -0.106. The Morgan fingerprint density at radius 3 is 2.53 bits per heavy atom. The highest BCUT2D eigenvalue weighted by molar-refractivity contribution is 7.21. The molecular formula is C29H30N2O4S. The summed E-state index contributed by atoms with van der Waals surface area (Å²) < 4.78 is 11.7. The molecule has 36 heavy (non-hydrogen) atoms. The van der Waals surface area contributed by atoms with Gasteiger partial charge in [-0.1, -0.05) is 42.5 Å². The average Bonchev–Trinajstić information content (AvgIpc) is 3.37. The molecule has 186 valence electrons. The zero-order valence-corrected chi connectivity index (χ0v) is 21.3. The number of aliphatic hydroxyl groups excluding tert-OH is 1. The van der Waals surface area contributed by atoms with Gasteiger partial charge in [-0.25, -0.2) is 4.98 Å². The normalized spacial score (nSPS) is 16.1. The number of aliphatic hydroxyl groups is 1. The van der Waals surface area contributed by atoms with Crippen molar-refractivity contribution in [2.24, 2.45) is 5.92 Å².